The van der Waals surface area contributed by atoms with Crippen LogP contribution in [0.3, 0.4) is 0 Å². The van der Waals surface area contributed by atoms with E-state index in [9.17, 15) is 8.42 Å². The fourth-order valence-corrected chi connectivity index (χ4v) is 5.35. The molecule has 0 saturated heterocycles. The first-order chi connectivity index (χ1) is 20.5. The van der Waals surface area contributed by atoms with Gasteiger partial charge in [-0.15, -0.1) is 0 Å². The SMILES string of the molecule is CCCCCCCCCCCCCCCC(C)OS(=O)(=O)OCCCCCCCCCCCC.N.O=S(=O)(O)O.O=S(=O)(O)O.[H-].[Na+]. The molecule has 0 aromatic rings. The van der Waals surface area contributed by atoms with E-state index in [2.05, 4.69) is 13.8 Å². The van der Waals surface area contributed by atoms with Gasteiger partial charge in [0.15, 0.2) is 0 Å². The maximum atomic E-state index is 12.0. The van der Waals surface area contributed by atoms with Crippen LogP contribution >= 0.6 is 0 Å². The molecule has 0 spiro atoms. The molecule has 0 aliphatic carbocycles. The van der Waals surface area contributed by atoms with Gasteiger partial charge in [-0.25, -0.2) is 8.37 Å². The second-order valence-corrected chi connectivity index (χ2v) is 14.3. The van der Waals surface area contributed by atoms with Crippen molar-refractivity contribution in [2.24, 2.45) is 0 Å². The van der Waals surface area contributed by atoms with Crippen LogP contribution in [0.2, 0.25) is 0 Å². The number of rotatable bonds is 28. The third kappa shape index (κ3) is 70.8. The molecular weight excluding hydrogens is 674 g/mol. The molecule has 13 nitrogen and oxygen atoms in total. The van der Waals surface area contributed by atoms with Gasteiger partial charge in [-0.3, -0.25) is 18.2 Å². The Hall–Kier alpha value is 0.570. The molecule has 280 valence electrons. The Labute approximate surface area is 306 Å². The van der Waals surface area contributed by atoms with Crippen LogP contribution in [-0.4, -0.2) is 56.2 Å². The zero-order valence-electron chi connectivity index (χ0n) is 30.2. The molecule has 0 aromatic heterocycles. The summed E-state index contributed by atoms with van der Waals surface area (Å²) in [7, 11) is -13.2. The van der Waals surface area contributed by atoms with E-state index in [1.807, 2.05) is 6.92 Å². The molecule has 0 bridgehead atoms. The summed E-state index contributed by atoms with van der Waals surface area (Å²) in [5, 5.41) is 0. The summed E-state index contributed by atoms with van der Waals surface area (Å²) in [5.74, 6) is 0. The third-order valence-corrected chi connectivity index (χ3v) is 7.74. The minimum atomic E-state index is -4.67. The number of unbranched alkanes of at least 4 members (excludes halogenated alkanes) is 21. The van der Waals surface area contributed by atoms with Crippen molar-refractivity contribution in [3.63, 3.8) is 0 Å². The molecule has 0 saturated carbocycles. The average molecular weight is 742 g/mol. The van der Waals surface area contributed by atoms with Crippen LogP contribution in [0.4, 0.5) is 0 Å². The van der Waals surface area contributed by atoms with Crippen molar-refractivity contribution in [1.29, 1.82) is 0 Å². The smallest absolute Gasteiger partial charge is 1.00 e. The Balaban J connectivity index is -0.000000280. The van der Waals surface area contributed by atoms with Crippen LogP contribution in [0, 0.1) is 0 Å². The topological polar surface area (TPSA) is 237 Å². The standard InChI is InChI=1S/C29H60O4S.H3N.Na.2H2O4S.H/c1-4-6-8-10-12-14-16-17-18-19-21-23-25-27-29(3)33-34(30,31)32-28-26-24-22-20-15-13-11-9-7-5-2;;;2*1-5(2,3)4;/h29H,4-28H2,1-3H3;1H3;;2*(H2,1,2,3,4);/q;;+1;;;-1. The van der Waals surface area contributed by atoms with E-state index in [0.717, 1.165) is 38.5 Å². The summed E-state index contributed by atoms with van der Waals surface area (Å²) in [6, 6.07) is 0. The van der Waals surface area contributed by atoms with Crippen molar-refractivity contribution < 1.29 is 82.8 Å². The van der Waals surface area contributed by atoms with Gasteiger partial charge in [-0.1, -0.05) is 155 Å². The van der Waals surface area contributed by atoms with Crippen LogP contribution in [0.15, 0.2) is 0 Å². The Kier molecular flexibility index (Phi) is 46.7. The molecule has 0 aromatic carbocycles. The molecule has 0 rings (SSSR count). The molecule has 0 aliphatic rings. The molecule has 1 atom stereocenters. The second-order valence-electron chi connectivity index (χ2n) is 11.2. The minimum absolute atomic E-state index is 0. The van der Waals surface area contributed by atoms with Crippen LogP contribution in [-0.2, 0) is 39.6 Å². The first kappa shape index (κ1) is 56.0. The quantitative estimate of drug-likeness (QED) is 0.0350. The van der Waals surface area contributed by atoms with E-state index in [4.69, 9.17) is 43.4 Å². The summed E-state index contributed by atoms with van der Waals surface area (Å²) in [6.45, 7) is 6.59. The van der Waals surface area contributed by atoms with Gasteiger partial charge in [-0.05, 0) is 19.8 Å². The number of hydrogen-bond donors (Lipinski definition) is 5. The van der Waals surface area contributed by atoms with E-state index in [0.29, 0.717) is 0 Å². The molecule has 0 fully saturated rings. The number of hydrogen-bond acceptors (Lipinski definition) is 9. The predicted octanol–water partition coefficient (Wildman–Crippen LogP) is 6.03. The van der Waals surface area contributed by atoms with Crippen LogP contribution < -0.4 is 35.7 Å². The van der Waals surface area contributed by atoms with Crippen molar-refractivity contribution in [3.8, 4) is 0 Å². The van der Waals surface area contributed by atoms with Gasteiger partial charge in [0.2, 0.25) is 0 Å². The van der Waals surface area contributed by atoms with Crippen LogP contribution in [0.25, 0.3) is 0 Å². The van der Waals surface area contributed by atoms with E-state index < -0.39 is 31.2 Å². The van der Waals surface area contributed by atoms with E-state index in [-0.39, 0.29) is 49.8 Å². The zero-order chi connectivity index (χ0) is 34.2. The van der Waals surface area contributed by atoms with E-state index >= 15 is 0 Å². The zero-order valence-corrected chi connectivity index (χ0v) is 33.7. The fraction of sp³-hybridized carbons (Fsp3) is 1.00. The first-order valence-corrected chi connectivity index (χ1v) is 20.6. The normalized spacial score (nSPS) is 12.1. The van der Waals surface area contributed by atoms with Gasteiger partial charge in [0.1, 0.15) is 0 Å². The maximum absolute atomic E-state index is 12.0. The van der Waals surface area contributed by atoms with Crippen molar-refractivity contribution in [2.75, 3.05) is 6.61 Å². The molecule has 0 radical (unpaired) electrons. The third-order valence-electron chi connectivity index (χ3n) is 6.72. The Morgan fingerprint density at radius 1 is 0.500 bits per heavy atom. The molecule has 46 heavy (non-hydrogen) atoms. The first-order valence-electron chi connectivity index (χ1n) is 16.5. The van der Waals surface area contributed by atoms with Gasteiger partial charge < -0.3 is 7.58 Å². The Morgan fingerprint density at radius 2 is 0.739 bits per heavy atom. The van der Waals surface area contributed by atoms with Gasteiger partial charge in [0, 0.05) is 0 Å². The molecule has 0 heterocycles. The summed E-state index contributed by atoms with van der Waals surface area (Å²) in [6.07, 6.45) is 29.8. The van der Waals surface area contributed by atoms with Gasteiger partial charge in [-0.2, -0.15) is 25.3 Å². The van der Waals surface area contributed by atoms with Gasteiger partial charge in [0.05, 0.1) is 12.7 Å². The monoisotopic (exact) mass is 741 g/mol. The van der Waals surface area contributed by atoms with Crippen molar-refractivity contribution in [2.45, 2.75) is 181 Å². The maximum Gasteiger partial charge on any atom is 1.00 e. The van der Waals surface area contributed by atoms with Crippen LogP contribution in [0.5, 0.6) is 0 Å². The molecule has 0 amide bonds. The predicted molar refractivity (Wildman–Crippen MR) is 182 cm³/mol. The summed E-state index contributed by atoms with van der Waals surface area (Å²) in [4.78, 5) is 0. The summed E-state index contributed by atoms with van der Waals surface area (Å²) < 4.78 is 97.4. The Bertz CT molecular complexity index is 883. The average Bonchev–Trinajstić information content (AvgIpc) is 2.87. The molecular formula is C29H68NNaO12S3. The van der Waals surface area contributed by atoms with Crippen molar-refractivity contribution in [3.05, 3.63) is 0 Å². The molecule has 7 N–H and O–H groups in total. The molecule has 1 unspecified atom stereocenters. The van der Waals surface area contributed by atoms with Gasteiger partial charge >= 0.3 is 60.8 Å². The Morgan fingerprint density at radius 3 is 1.02 bits per heavy atom. The van der Waals surface area contributed by atoms with Gasteiger partial charge in [0.25, 0.3) is 0 Å². The van der Waals surface area contributed by atoms with E-state index in [1.165, 1.54) is 116 Å². The molecule has 0 aliphatic heterocycles. The largest absolute Gasteiger partial charge is 1.00 e. The van der Waals surface area contributed by atoms with Crippen molar-refractivity contribution in [1.82, 2.24) is 6.15 Å². The van der Waals surface area contributed by atoms with E-state index in [1.54, 1.807) is 0 Å². The van der Waals surface area contributed by atoms with Crippen molar-refractivity contribution >= 4 is 31.2 Å². The fourth-order valence-electron chi connectivity index (χ4n) is 4.48. The van der Waals surface area contributed by atoms with Crippen LogP contribution in [0.1, 0.15) is 176 Å². The summed E-state index contributed by atoms with van der Waals surface area (Å²) in [5.41, 5.74) is 0. The summed E-state index contributed by atoms with van der Waals surface area (Å²) >= 11 is 0. The molecule has 17 heteroatoms. The second kappa shape index (κ2) is 38.4. The minimum Gasteiger partial charge on any atom is -1.00 e.